The number of anilines is 1. The summed E-state index contributed by atoms with van der Waals surface area (Å²) in [6.07, 6.45) is 3.91. The van der Waals surface area contributed by atoms with E-state index in [4.69, 9.17) is 0 Å². The zero-order valence-corrected chi connectivity index (χ0v) is 11.1. The highest BCUT2D eigenvalue weighted by molar-refractivity contribution is 5.85. The molecule has 3 nitrogen and oxygen atoms in total. The van der Waals surface area contributed by atoms with Crippen molar-refractivity contribution in [2.45, 2.75) is 12.8 Å². The number of piperidine rings is 1. The van der Waals surface area contributed by atoms with Gasteiger partial charge in [0.1, 0.15) is 0 Å². The van der Waals surface area contributed by atoms with Gasteiger partial charge in [0.2, 0.25) is 0 Å². The molecule has 6 heteroatoms. The third-order valence-electron chi connectivity index (χ3n) is 2.78. The van der Waals surface area contributed by atoms with E-state index in [1.54, 1.807) is 12.3 Å². The number of nitrogens with zero attached hydrogens (tertiary/aromatic N) is 1. The number of aromatic nitrogens is 1. The van der Waals surface area contributed by atoms with E-state index in [0.717, 1.165) is 32.5 Å². The van der Waals surface area contributed by atoms with Crippen LogP contribution in [0.4, 0.5) is 10.2 Å². The molecule has 0 bridgehead atoms. The summed E-state index contributed by atoms with van der Waals surface area (Å²) in [5.74, 6) is 0.732. The van der Waals surface area contributed by atoms with E-state index < -0.39 is 0 Å². The molecule has 0 aromatic carbocycles. The molecule has 98 valence electrons. The normalized spacial score (nSPS) is 15.6. The van der Waals surface area contributed by atoms with Crippen molar-refractivity contribution >= 4 is 30.6 Å². The van der Waals surface area contributed by atoms with E-state index in [1.807, 2.05) is 0 Å². The number of nitrogens with one attached hydrogen (secondary N) is 2. The Bertz CT molecular complexity index is 319. The first kappa shape index (κ1) is 16.4. The molecule has 17 heavy (non-hydrogen) atoms. The van der Waals surface area contributed by atoms with Crippen molar-refractivity contribution in [2.24, 2.45) is 5.92 Å². The SMILES string of the molecule is Cl.Cl.Fc1cccnc1NCC1CCNCC1. The Morgan fingerprint density at radius 1 is 1.35 bits per heavy atom. The van der Waals surface area contributed by atoms with Gasteiger partial charge in [0.15, 0.2) is 11.6 Å². The fraction of sp³-hybridized carbons (Fsp3) is 0.545. The molecule has 1 saturated heterocycles. The Morgan fingerprint density at radius 2 is 2.06 bits per heavy atom. The third kappa shape index (κ3) is 5.06. The fourth-order valence-electron chi connectivity index (χ4n) is 1.84. The van der Waals surface area contributed by atoms with Crippen molar-refractivity contribution < 1.29 is 4.39 Å². The van der Waals surface area contributed by atoms with E-state index in [1.165, 1.54) is 6.07 Å². The number of pyridine rings is 1. The summed E-state index contributed by atoms with van der Waals surface area (Å²) in [7, 11) is 0. The highest BCUT2D eigenvalue weighted by atomic mass is 35.5. The highest BCUT2D eigenvalue weighted by Crippen LogP contribution is 2.14. The fourth-order valence-corrected chi connectivity index (χ4v) is 1.84. The largest absolute Gasteiger partial charge is 0.367 e. The lowest BCUT2D eigenvalue weighted by molar-refractivity contribution is 0.389. The lowest BCUT2D eigenvalue weighted by Gasteiger charge is -2.22. The average Bonchev–Trinajstić information content (AvgIpc) is 2.29. The summed E-state index contributed by atoms with van der Waals surface area (Å²) in [6.45, 7) is 2.95. The third-order valence-corrected chi connectivity index (χ3v) is 2.78. The minimum absolute atomic E-state index is 0. The number of hydrogen-bond donors (Lipinski definition) is 2. The van der Waals surface area contributed by atoms with Gasteiger partial charge in [-0.3, -0.25) is 0 Å². The molecule has 0 unspecified atom stereocenters. The maximum absolute atomic E-state index is 13.2. The van der Waals surface area contributed by atoms with E-state index in [0.29, 0.717) is 11.7 Å². The Kier molecular flexibility index (Phi) is 8.21. The van der Waals surface area contributed by atoms with Crippen molar-refractivity contribution in [3.63, 3.8) is 0 Å². The second-order valence-electron chi connectivity index (χ2n) is 3.91. The molecule has 1 aliphatic rings. The van der Waals surface area contributed by atoms with Crippen molar-refractivity contribution in [1.29, 1.82) is 0 Å². The van der Waals surface area contributed by atoms with Crippen LogP contribution in [0.15, 0.2) is 18.3 Å². The van der Waals surface area contributed by atoms with Crippen LogP contribution >= 0.6 is 24.8 Å². The van der Waals surface area contributed by atoms with E-state index >= 15 is 0 Å². The van der Waals surface area contributed by atoms with Gasteiger partial charge in [0, 0.05) is 12.7 Å². The van der Waals surface area contributed by atoms with Crippen molar-refractivity contribution in [3.05, 3.63) is 24.1 Å². The Balaban J connectivity index is 0.00000128. The van der Waals surface area contributed by atoms with Gasteiger partial charge in [0.25, 0.3) is 0 Å². The number of hydrogen-bond acceptors (Lipinski definition) is 3. The predicted octanol–water partition coefficient (Wildman–Crippen LogP) is 2.48. The summed E-state index contributed by atoms with van der Waals surface area (Å²) in [5, 5.41) is 6.38. The van der Waals surface area contributed by atoms with Crippen LogP contribution < -0.4 is 10.6 Å². The van der Waals surface area contributed by atoms with Crippen molar-refractivity contribution in [2.75, 3.05) is 25.0 Å². The van der Waals surface area contributed by atoms with Gasteiger partial charge in [0.05, 0.1) is 0 Å². The standard InChI is InChI=1S/C11H16FN3.2ClH/c12-10-2-1-5-14-11(10)15-8-9-3-6-13-7-4-9;;/h1-2,5,9,13H,3-4,6-8H2,(H,14,15);2*1H. The summed E-state index contributed by atoms with van der Waals surface area (Å²) < 4.78 is 13.2. The van der Waals surface area contributed by atoms with Crippen LogP contribution in [0.25, 0.3) is 0 Å². The quantitative estimate of drug-likeness (QED) is 0.894. The zero-order chi connectivity index (χ0) is 10.5. The minimum Gasteiger partial charge on any atom is -0.367 e. The summed E-state index contributed by atoms with van der Waals surface area (Å²) in [6, 6.07) is 3.03. The van der Waals surface area contributed by atoms with Crippen LogP contribution in [-0.2, 0) is 0 Å². The van der Waals surface area contributed by atoms with Gasteiger partial charge in [-0.1, -0.05) is 0 Å². The first-order chi connectivity index (χ1) is 7.36. The van der Waals surface area contributed by atoms with Crippen molar-refractivity contribution in [1.82, 2.24) is 10.3 Å². The van der Waals surface area contributed by atoms with Crippen LogP contribution in [0.1, 0.15) is 12.8 Å². The van der Waals surface area contributed by atoms with Gasteiger partial charge >= 0.3 is 0 Å². The second-order valence-corrected chi connectivity index (χ2v) is 3.91. The maximum Gasteiger partial charge on any atom is 0.165 e. The Morgan fingerprint density at radius 3 is 2.71 bits per heavy atom. The van der Waals surface area contributed by atoms with Gasteiger partial charge in [-0.2, -0.15) is 0 Å². The molecule has 2 rings (SSSR count). The monoisotopic (exact) mass is 281 g/mol. The van der Waals surface area contributed by atoms with Gasteiger partial charge in [-0.05, 0) is 44.0 Å². The molecule has 0 saturated carbocycles. The molecule has 1 aromatic heterocycles. The average molecular weight is 282 g/mol. The number of halogens is 3. The van der Waals surface area contributed by atoms with Crippen LogP contribution in [-0.4, -0.2) is 24.6 Å². The topological polar surface area (TPSA) is 37.0 Å². The van der Waals surface area contributed by atoms with Crippen LogP contribution in [0.5, 0.6) is 0 Å². The molecular formula is C11H18Cl2FN3. The second kappa shape index (κ2) is 8.50. The van der Waals surface area contributed by atoms with Gasteiger partial charge < -0.3 is 10.6 Å². The molecule has 0 atom stereocenters. The molecule has 0 aliphatic carbocycles. The van der Waals surface area contributed by atoms with E-state index in [2.05, 4.69) is 15.6 Å². The van der Waals surface area contributed by atoms with Crippen LogP contribution in [0.3, 0.4) is 0 Å². The predicted molar refractivity (Wildman–Crippen MR) is 72.8 cm³/mol. The molecule has 1 fully saturated rings. The summed E-state index contributed by atoms with van der Waals surface area (Å²) in [4.78, 5) is 3.96. The molecule has 1 aliphatic heterocycles. The smallest absolute Gasteiger partial charge is 0.165 e. The Hall–Kier alpha value is -0.580. The molecule has 0 amide bonds. The minimum atomic E-state index is -0.272. The Labute approximate surface area is 113 Å². The van der Waals surface area contributed by atoms with Gasteiger partial charge in [-0.25, -0.2) is 9.37 Å². The lowest BCUT2D eigenvalue weighted by Crippen LogP contribution is -2.31. The summed E-state index contributed by atoms with van der Waals surface area (Å²) >= 11 is 0. The van der Waals surface area contributed by atoms with E-state index in [-0.39, 0.29) is 30.6 Å². The highest BCUT2D eigenvalue weighted by Gasteiger charge is 2.13. The van der Waals surface area contributed by atoms with Crippen molar-refractivity contribution in [3.8, 4) is 0 Å². The lowest BCUT2D eigenvalue weighted by atomic mass is 9.98. The van der Waals surface area contributed by atoms with E-state index in [9.17, 15) is 4.39 Å². The molecule has 2 heterocycles. The molecule has 2 N–H and O–H groups in total. The first-order valence-electron chi connectivity index (χ1n) is 5.41. The van der Waals surface area contributed by atoms with Gasteiger partial charge in [-0.15, -0.1) is 24.8 Å². The van der Waals surface area contributed by atoms with Crippen LogP contribution in [0.2, 0.25) is 0 Å². The molecule has 1 aromatic rings. The molecule has 0 radical (unpaired) electrons. The first-order valence-corrected chi connectivity index (χ1v) is 5.41. The van der Waals surface area contributed by atoms with Crippen LogP contribution in [0, 0.1) is 11.7 Å². The molecule has 0 spiro atoms. The maximum atomic E-state index is 13.2. The summed E-state index contributed by atoms with van der Waals surface area (Å²) in [5.41, 5.74) is 0. The number of rotatable bonds is 3. The molecular weight excluding hydrogens is 264 g/mol. The zero-order valence-electron chi connectivity index (χ0n) is 9.49.